The second-order valence-electron chi connectivity index (χ2n) is 10.3. The molecule has 1 saturated carbocycles. The van der Waals surface area contributed by atoms with Gasteiger partial charge >= 0.3 is 0 Å². The quantitative estimate of drug-likeness (QED) is 0.402. The van der Waals surface area contributed by atoms with Crippen LogP contribution >= 0.6 is 0 Å². The molecule has 1 amide bonds. The van der Waals surface area contributed by atoms with E-state index in [1.165, 1.54) is 25.3 Å². The number of carbonyl (C=O) groups excluding carboxylic acids is 1. The normalized spacial score (nSPS) is 19.4. The molecule has 1 aliphatic carbocycles. The smallest absolute Gasteiger partial charge is 0.257 e. The Morgan fingerprint density at radius 3 is 2.61 bits per heavy atom. The Balaban J connectivity index is 1.39. The molecule has 3 heterocycles. The van der Waals surface area contributed by atoms with Gasteiger partial charge in [0.2, 0.25) is 5.95 Å². The van der Waals surface area contributed by atoms with Crippen molar-refractivity contribution in [3.63, 3.8) is 0 Å². The van der Waals surface area contributed by atoms with E-state index in [9.17, 15) is 9.18 Å². The minimum absolute atomic E-state index is 0.106. The second kappa shape index (κ2) is 9.15. The summed E-state index contributed by atoms with van der Waals surface area (Å²) in [6.45, 7) is 5.79. The Hall–Kier alpha value is -3.55. The summed E-state index contributed by atoms with van der Waals surface area (Å²) >= 11 is 0. The molecule has 36 heavy (non-hydrogen) atoms. The summed E-state index contributed by atoms with van der Waals surface area (Å²) in [5.41, 5.74) is 3.02. The molecule has 4 aromatic rings. The number of benzene rings is 2. The molecule has 2 aromatic heterocycles. The summed E-state index contributed by atoms with van der Waals surface area (Å²) < 4.78 is 16.5. The summed E-state index contributed by atoms with van der Waals surface area (Å²) in [7, 11) is 0. The van der Waals surface area contributed by atoms with Crippen LogP contribution in [0, 0.1) is 12.7 Å². The summed E-state index contributed by atoms with van der Waals surface area (Å²) in [5, 5.41) is 10.4. The SMILES string of the molecule is Cc1ccc2nc(N3CCN(C(=O)c4ccccc4F)[C@H](C)C3)n3c(C4CCCCC4)nnc3c2c1. The van der Waals surface area contributed by atoms with E-state index >= 15 is 0 Å². The zero-order valence-corrected chi connectivity index (χ0v) is 20.8. The lowest BCUT2D eigenvalue weighted by molar-refractivity contribution is 0.0668. The fourth-order valence-corrected chi connectivity index (χ4v) is 5.82. The fraction of sp³-hybridized carbons (Fsp3) is 0.429. The third-order valence-electron chi connectivity index (χ3n) is 7.75. The molecule has 2 aliphatic rings. The van der Waals surface area contributed by atoms with E-state index in [4.69, 9.17) is 10.1 Å². The Bertz CT molecular complexity index is 1440. The topological polar surface area (TPSA) is 66.6 Å². The van der Waals surface area contributed by atoms with Crippen LogP contribution in [-0.2, 0) is 0 Å². The van der Waals surface area contributed by atoms with Crippen LogP contribution in [0.4, 0.5) is 10.3 Å². The third kappa shape index (κ3) is 3.88. The number of fused-ring (bicyclic) bond motifs is 3. The molecule has 2 aromatic carbocycles. The van der Waals surface area contributed by atoms with Crippen LogP contribution in [0.15, 0.2) is 42.5 Å². The minimum atomic E-state index is -0.480. The van der Waals surface area contributed by atoms with E-state index in [2.05, 4.69) is 33.5 Å². The Morgan fingerprint density at radius 1 is 1.03 bits per heavy atom. The first-order chi connectivity index (χ1) is 17.5. The Labute approximate surface area is 209 Å². The van der Waals surface area contributed by atoms with Crippen LogP contribution < -0.4 is 4.90 Å². The van der Waals surface area contributed by atoms with E-state index in [1.54, 1.807) is 23.1 Å². The molecule has 2 fully saturated rings. The average Bonchev–Trinajstić information content (AvgIpc) is 3.34. The second-order valence-corrected chi connectivity index (χ2v) is 10.3. The van der Waals surface area contributed by atoms with E-state index in [1.807, 2.05) is 13.0 Å². The number of aryl methyl sites for hydroxylation is 1. The summed E-state index contributed by atoms with van der Waals surface area (Å²) in [5.74, 6) is 1.45. The first-order valence-corrected chi connectivity index (χ1v) is 13.0. The van der Waals surface area contributed by atoms with Crippen molar-refractivity contribution in [2.75, 3.05) is 24.5 Å². The zero-order valence-electron chi connectivity index (χ0n) is 20.8. The van der Waals surface area contributed by atoms with Gasteiger partial charge in [-0.05, 0) is 51.0 Å². The molecule has 1 aliphatic heterocycles. The summed E-state index contributed by atoms with van der Waals surface area (Å²) in [6.07, 6.45) is 5.93. The van der Waals surface area contributed by atoms with Gasteiger partial charge in [-0.1, -0.05) is 43.0 Å². The number of piperazine rings is 1. The Kier molecular flexibility index (Phi) is 5.82. The number of rotatable bonds is 3. The van der Waals surface area contributed by atoms with E-state index < -0.39 is 5.82 Å². The number of amides is 1. The van der Waals surface area contributed by atoms with Gasteiger partial charge in [0.1, 0.15) is 11.6 Å². The fourth-order valence-electron chi connectivity index (χ4n) is 5.82. The first-order valence-electron chi connectivity index (χ1n) is 13.0. The zero-order chi connectivity index (χ0) is 24.8. The minimum Gasteiger partial charge on any atom is -0.338 e. The van der Waals surface area contributed by atoms with E-state index in [-0.39, 0.29) is 17.5 Å². The highest BCUT2D eigenvalue weighted by molar-refractivity contribution is 5.95. The van der Waals surface area contributed by atoms with Gasteiger partial charge in [0.05, 0.1) is 11.1 Å². The van der Waals surface area contributed by atoms with Crippen molar-refractivity contribution in [1.29, 1.82) is 0 Å². The monoisotopic (exact) mass is 486 g/mol. The molecule has 8 heteroatoms. The van der Waals surface area contributed by atoms with Crippen molar-refractivity contribution in [2.45, 2.75) is 57.9 Å². The maximum atomic E-state index is 14.3. The Morgan fingerprint density at radius 2 is 1.83 bits per heavy atom. The average molecular weight is 487 g/mol. The van der Waals surface area contributed by atoms with Crippen molar-refractivity contribution >= 4 is 28.4 Å². The highest BCUT2D eigenvalue weighted by atomic mass is 19.1. The molecular formula is C28H31FN6O. The van der Waals surface area contributed by atoms with Gasteiger partial charge in [0, 0.05) is 37.0 Å². The first kappa shape index (κ1) is 22.9. The van der Waals surface area contributed by atoms with Crippen molar-refractivity contribution in [3.05, 3.63) is 65.2 Å². The molecule has 0 unspecified atom stereocenters. The lowest BCUT2D eigenvalue weighted by atomic mass is 9.89. The van der Waals surface area contributed by atoms with Gasteiger partial charge < -0.3 is 9.80 Å². The van der Waals surface area contributed by atoms with Crippen LogP contribution in [0.1, 0.15) is 66.7 Å². The van der Waals surface area contributed by atoms with Crippen molar-refractivity contribution in [1.82, 2.24) is 24.5 Å². The molecule has 7 nitrogen and oxygen atoms in total. The molecular weight excluding hydrogens is 455 g/mol. The number of hydrogen-bond acceptors (Lipinski definition) is 5. The van der Waals surface area contributed by atoms with Crippen LogP contribution in [-0.4, -0.2) is 56.1 Å². The molecule has 6 rings (SSSR count). The van der Waals surface area contributed by atoms with Crippen LogP contribution in [0.2, 0.25) is 0 Å². The lowest BCUT2D eigenvalue weighted by Crippen LogP contribution is -2.54. The molecule has 186 valence electrons. The van der Waals surface area contributed by atoms with Crippen molar-refractivity contribution < 1.29 is 9.18 Å². The van der Waals surface area contributed by atoms with Gasteiger partial charge in [-0.3, -0.25) is 4.79 Å². The highest BCUT2D eigenvalue weighted by Gasteiger charge is 2.32. The largest absolute Gasteiger partial charge is 0.338 e. The van der Waals surface area contributed by atoms with Crippen LogP contribution in [0.25, 0.3) is 16.6 Å². The van der Waals surface area contributed by atoms with E-state index in [0.717, 1.165) is 46.7 Å². The van der Waals surface area contributed by atoms with Gasteiger partial charge in [0.25, 0.3) is 5.91 Å². The van der Waals surface area contributed by atoms with E-state index in [0.29, 0.717) is 25.6 Å². The summed E-state index contributed by atoms with van der Waals surface area (Å²) in [4.78, 5) is 22.3. The number of anilines is 1. The molecule has 0 bridgehead atoms. The van der Waals surface area contributed by atoms with Gasteiger partial charge in [-0.25, -0.2) is 13.8 Å². The predicted molar refractivity (Wildman–Crippen MR) is 138 cm³/mol. The number of carbonyl (C=O) groups is 1. The third-order valence-corrected chi connectivity index (χ3v) is 7.75. The maximum absolute atomic E-state index is 14.3. The number of nitrogens with zero attached hydrogens (tertiary/aromatic N) is 6. The van der Waals surface area contributed by atoms with Crippen molar-refractivity contribution in [2.24, 2.45) is 0 Å². The lowest BCUT2D eigenvalue weighted by Gasteiger charge is -2.40. The number of aromatic nitrogens is 4. The van der Waals surface area contributed by atoms with Crippen LogP contribution in [0.3, 0.4) is 0 Å². The van der Waals surface area contributed by atoms with Crippen LogP contribution in [0.5, 0.6) is 0 Å². The number of halogens is 1. The molecule has 1 saturated heterocycles. The standard InChI is InChI=1S/C28H31FN6O/c1-18-12-13-24-22(16-18)26-32-31-25(20-8-4-3-5-9-20)35(26)28(30-24)33-14-15-34(19(2)17-33)27(36)21-10-6-7-11-23(21)29/h6-7,10-13,16,19-20H,3-5,8-9,14-15,17H2,1-2H3/t19-/m1/s1. The molecule has 0 spiro atoms. The molecule has 0 N–H and O–H groups in total. The highest BCUT2D eigenvalue weighted by Crippen LogP contribution is 2.35. The number of hydrogen-bond donors (Lipinski definition) is 0. The van der Waals surface area contributed by atoms with Crippen molar-refractivity contribution in [3.8, 4) is 0 Å². The van der Waals surface area contributed by atoms with Gasteiger partial charge in [0.15, 0.2) is 5.65 Å². The summed E-state index contributed by atoms with van der Waals surface area (Å²) in [6, 6.07) is 12.3. The predicted octanol–water partition coefficient (Wildman–Crippen LogP) is 5.12. The maximum Gasteiger partial charge on any atom is 0.257 e. The van der Waals surface area contributed by atoms with Gasteiger partial charge in [-0.15, -0.1) is 10.2 Å². The molecule has 0 radical (unpaired) electrons. The van der Waals surface area contributed by atoms with Gasteiger partial charge in [-0.2, -0.15) is 0 Å². The molecule has 1 atom stereocenters.